The highest BCUT2D eigenvalue weighted by atomic mass is 16.7. The largest absolute Gasteiger partial charge is 0.454 e. The van der Waals surface area contributed by atoms with Crippen LogP contribution in [0.25, 0.3) is 0 Å². The Balaban J connectivity index is 1.46. The van der Waals surface area contributed by atoms with Crippen LogP contribution in [-0.4, -0.2) is 36.3 Å². The molecule has 0 aliphatic carbocycles. The topological polar surface area (TPSA) is 37.8 Å². The summed E-state index contributed by atoms with van der Waals surface area (Å²) in [5.74, 6) is 2.88. The third-order valence-corrected chi connectivity index (χ3v) is 5.47. The maximum absolute atomic E-state index is 5.67. The van der Waals surface area contributed by atoms with Gasteiger partial charge in [-0.15, -0.1) is 0 Å². The summed E-state index contributed by atoms with van der Waals surface area (Å²) in [6.07, 6.45) is 7.18. The van der Waals surface area contributed by atoms with Crippen LogP contribution in [0.4, 0.5) is 5.82 Å². The van der Waals surface area contributed by atoms with E-state index in [0.29, 0.717) is 6.79 Å². The van der Waals surface area contributed by atoms with Gasteiger partial charge in [-0.1, -0.05) is 31.9 Å². The predicted octanol–water partition coefficient (Wildman–Crippen LogP) is 4.21. The quantitative estimate of drug-likeness (QED) is 0.764. The number of ether oxygens (including phenoxy) is 2. The fourth-order valence-electron chi connectivity index (χ4n) is 3.93. The van der Waals surface area contributed by atoms with Gasteiger partial charge >= 0.3 is 0 Å². The van der Waals surface area contributed by atoms with E-state index in [0.717, 1.165) is 50.0 Å². The molecule has 1 aromatic carbocycles. The number of fused-ring (bicyclic) bond motifs is 1. The Kier molecular flexibility index (Phi) is 5.78. The number of anilines is 1. The zero-order valence-electron chi connectivity index (χ0n) is 16.2. The van der Waals surface area contributed by atoms with Gasteiger partial charge in [-0.25, -0.2) is 4.98 Å². The van der Waals surface area contributed by atoms with Gasteiger partial charge in [0.1, 0.15) is 5.82 Å². The second-order valence-electron chi connectivity index (χ2n) is 7.38. The molecule has 0 radical (unpaired) electrons. The molecule has 1 aromatic heterocycles. The molecule has 144 valence electrons. The molecule has 0 bridgehead atoms. The Morgan fingerprint density at radius 1 is 1.04 bits per heavy atom. The molecule has 2 aromatic rings. The summed E-state index contributed by atoms with van der Waals surface area (Å²) in [5.41, 5.74) is 2.50. The van der Waals surface area contributed by atoms with Crippen molar-refractivity contribution in [1.82, 2.24) is 9.88 Å². The van der Waals surface area contributed by atoms with Crippen molar-refractivity contribution in [2.75, 3.05) is 31.3 Å². The molecular weight excluding hydrogens is 338 g/mol. The average Bonchev–Trinajstić information content (AvgIpc) is 3.02. The smallest absolute Gasteiger partial charge is 0.231 e. The van der Waals surface area contributed by atoms with E-state index < -0.39 is 0 Å². The average molecular weight is 367 g/mol. The molecule has 0 amide bonds. The van der Waals surface area contributed by atoms with E-state index in [9.17, 15) is 0 Å². The fraction of sp³-hybridized carbons (Fsp3) is 0.500. The van der Waals surface area contributed by atoms with Crippen LogP contribution in [-0.2, 0) is 13.1 Å². The van der Waals surface area contributed by atoms with Crippen molar-refractivity contribution in [2.45, 2.75) is 45.7 Å². The molecule has 0 atom stereocenters. The molecule has 5 heteroatoms. The number of rotatable bonds is 6. The molecular formula is C22H29N3O2. The van der Waals surface area contributed by atoms with Gasteiger partial charge in [0.15, 0.2) is 11.5 Å². The van der Waals surface area contributed by atoms with Crippen molar-refractivity contribution in [2.24, 2.45) is 0 Å². The van der Waals surface area contributed by atoms with Crippen molar-refractivity contribution >= 4 is 5.82 Å². The minimum Gasteiger partial charge on any atom is -0.454 e. The van der Waals surface area contributed by atoms with E-state index in [2.05, 4.69) is 39.9 Å². The van der Waals surface area contributed by atoms with Crippen LogP contribution in [0.2, 0.25) is 0 Å². The van der Waals surface area contributed by atoms with Crippen LogP contribution in [0.1, 0.15) is 43.7 Å². The van der Waals surface area contributed by atoms with Crippen molar-refractivity contribution in [3.63, 3.8) is 0 Å². The molecule has 5 nitrogen and oxygen atoms in total. The minimum absolute atomic E-state index is 0.321. The molecule has 0 unspecified atom stereocenters. The highest BCUT2D eigenvalue weighted by Crippen LogP contribution is 2.36. The van der Waals surface area contributed by atoms with Crippen molar-refractivity contribution in [3.05, 3.63) is 47.7 Å². The van der Waals surface area contributed by atoms with Gasteiger partial charge < -0.3 is 14.4 Å². The van der Waals surface area contributed by atoms with E-state index >= 15 is 0 Å². The summed E-state index contributed by atoms with van der Waals surface area (Å²) in [7, 11) is 0. The maximum atomic E-state index is 5.67. The molecule has 2 aliphatic heterocycles. The van der Waals surface area contributed by atoms with Crippen LogP contribution in [0, 0.1) is 0 Å². The summed E-state index contributed by atoms with van der Waals surface area (Å²) in [4.78, 5) is 9.52. The van der Waals surface area contributed by atoms with Gasteiger partial charge in [0.2, 0.25) is 6.79 Å². The highest BCUT2D eigenvalue weighted by Gasteiger charge is 2.19. The first-order valence-electron chi connectivity index (χ1n) is 10.1. The molecule has 1 fully saturated rings. The van der Waals surface area contributed by atoms with E-state index in [1.165, 1.54) is 36.8 Å². The van der Waals surface area contributed by atoms with Crippen LogP contribution in [0.3, 0.4) is 0 Å². The van der Waals surface area contributed by atoms with Gasteiger partial charge in [-0.05, 0) is 43.1 Å². The van der Waals surface area contributed by atoms with Crippen molar-refractivity contribution < 1.29 is 9.47 Å². The SMILES string of the molecule is CCN(Cc1ccnc(N2CCCCCC2)c1)Cc1cccc2c1OCO2. The lowest BCUT2D eigenvalue weighted by molar-refractivity contribution is 0.171. The number of hydrogen-bond acceptors (Lipinski definition) is 5. The number of nitrogens with zero attached hydrogens (tertiary/aromatic N) is 3. The Morgan fingerprint density at radius 2 is 1.89 bits per heavy atom. The summed E-state index contributed by atoms with van der Waals surface area (Å²) >= 11 is 0. The first-order chi connectivity index (χ1) is 13.3. The normalized spacial score (nSPS) is 16.6. The molecule has 0 saturated carbocycles. The Hall–Kier alpha value is -2.27. The van der Waals surface area contributed by atoms with Crippen LogP contribution in [0.15, 0.2) is 36.5 Å². The first kappa shape index (κ1) is 18.1. The van der Waals surface area contributed by atoms with E-state index in [1.807, 2.05) is 18.3 Å². The molecule has 1 saturated heterocycles. The first-order valence-corrected chi connectivity index (χ1v) is 10.1. The zero-order valence-corrected chi connectivity index (χ0v) is 16.2. The maximum Gasteiger partial charge on any atom is 0.231 e. The molecule has 4 rings (SSSR count). The van der Waals surface area contributed by atoms with E-state index in [-0.39, 0.29) is 0 Å². The second kappa shape index (κ2) is 8.61. The standard InChI is InChI=1S/C22H29N3O2/c1-2-24(16-19-8-7-9-20-22(19)27-17-26-20)15-18-10-11-23-21(14-18)25-12-5-3-4-6-13-25/h7-11,14H,2-6,12-13,15-17H2,1H3. The van der Waals surface area contributed by atoms with Crippen LogP contribution < -0.4 is 14.4 Å². The lowest BCUT2D eigenvalue weighted by Crippen LogP contribution is -2.26. The number of benzene rings is 1. The minimum atomic E-state index is 0.321. The fourth-order valence-corrected chi connectivity index (χ4v) is 3.93. The van der Waals surface area contributed by atoms with Crippen LogP contribution >= 0.6 is 0 Å². The number of aromatic nitrogens is 1. The van der Waals surface area contributed by atoms with Crippen molar-refractivity contribution in [1.29, 1.82) is 0 Å². The molecule has 2 aliphatic rings. The number of hydrogen-bond donors (Lipinski definition) is 0. The van der Waals surface area contributed by atoms with Gasteiger partial charge in [0.25, 0.3) is 0 Å². The van der Waals surface area contributed by atoms with E-state index in [1.54, 1.807) is 0 Å². The highest BCUT2D eigenvalue weighted by molar-refractivity contribution is 5.48. The summed E-state index contributed by atoms with van der Waals surface area (Å²) in [5, 5.41) is 0. The Bertz CT molecular complexity index is 757. The van der Waals surface area contributed by atoms with Gasteiger partial charge in [-0.3, -0.25) is 4.90 Å². The molecule has 0 spiro atoms. The summed E-state index contributed by atoms with van der Waals surface area (Å²) in [6, 6.07) is 10.5. The Morgan fingerprint density at radius 3 is 2.70 bits per heavy atom. The third kappa shape index (κ3) is 4.35. The molecule has 27 heavy (non-hydrogen) atoms. The Labute approximate surface area is 161 Å². The zero-order chi connectivity index (χ0) is 18.5. The van der Waals surface area contributed by atoms with Crippen LogP contribution in [0.5, 0.6) is 11.5 Å². The summed E-state index contributed by atoms with van der Waals surface area (Å²) in [6.45, 7) is 7.52. The number of para-hydroxylation sites is 1. The molecule has 3 heterocycles. The van der Waals surface area contributed by atoms with Gasteiger partial charge in [0.05, 0.1) is 0 Å². The van der Waals surface area contributed by atoms with Gasteiger partial charge in [-0.2, -0.15) is 0 Å². The monoisotopic (exact) mass is 367 g/mol. The summed E-state index contributed by atoms with van der Waals surface area (Å²) < 4.78 is 11.2. The predicted molar refractivity (Wildman–Crippen MR) is 107 cm³/mol. The lowest BCUT2D eigenvalue weighted by atomic mass is 10.1. The molecule has 0 N–H and O–H groups in total. The second-order valence-corrected chi connectivity index (χ2v) is 7.38. The van der Waals surface area contributed by atoms with E-state index in [4.69, 9.17) is 9.47 Å². The van der Waals surface area contributed by atoms with Crippen molar-refractivity contribution in [3.8, 4) is 11.5 Å². The van der Waals surface area contributed by atoms with Gasteiger partial charge in [0, 0.05) is 37.9 Å². The third-order valence-electron chi connectivity index (χ3n) is 5.47. The number of pyridine rings is 1. The lowest BCUT2D eigenvalue weighted by Gasteiger charge is -2.24.